The monoisotopic (exact) mass is 460 g/mol. The lowest BCUT2D eigenvalue weighted by Gasteiger charge is -2.20. The second-order valence-corrected chi connectivity index (χ2v) is 11.7. The number of allylic oxidation sites excluding steroid dienone is 4. The van der Waals surface area contributed by atoms with Gasteiger partial charge in [0.05, 0.1) is 11.8 Å². The molecule has 0 heterocycles. The van der Waals surface area contributed by atoms with Crippen LogP contribution in [0.25, 0.3) is 0 Å². The van der Waals surface area contributed by atoms with E-state index in [1.807, 2.05) is 12.2 Å². The van der Waals surface area contributed by atoms with E-state index in [-0.39, 0.29) is 57.9 Å². The molecule has 2 fully saturated rings. The molecule has 5 rings (SSSR count). The van der Waals surface area contributed by atoms with E-state index >= 15 is 0 Å². The maximum Gasteiger partial charge on any atom is 0.255 e. The predicted molar refractivity (Wildman–Crippen MR) is 127 cm³/mol. The van der Waals surface area contributed by atoms with Crippen LogP contribution in [0.2, 0.25) is 0 Å². The fraction of sp³-hybridized carbons (Fsp3) is 0.500. The van der Waals surface area contributed by atoms with Crippen LogP contribution < -0.4 is 10.6 Å². The van der Waals surface area contributed by atoms with Crippen LogP contribution in [0.1, 0.15) is 62.3 Å². The summed E-state index contributed by atoms with van der Waals surface area (Å²) in [7, 11) is 0. The molecule has 6 nitrogen and oxygen atoms in total. The Morgan fingerprint density at radius 2 is 0.971 bits per heavy atom. The van der Waals surface area contributed by atoms with Crippen molar-refractivity contribution in [3.8, 4) is 0 Å². The van der Waals surface area contributed by atoms with Gasteiger partial charge in [0.2, 0.25) is 0 Å². The average molecular weight is 461 g/mol. The third-order valence-electron chi connectivity index (χ3n) is 8.90. The van der Waals surface area contributed by atoms with Gasteiger partial charge >= 0.3 is 0 Å². The molecule has 0 aromatic heterocycles. The highest BCUT2D eigenvalue weighted by atomic mass is 16.2. The topological polar surface area (TPSA) is 92.3 Å². The van der Waals surface area contributed by atoms with Crippen LogP contribution in [-0.2, 0) is 9.59 Å². The largest absolute Gasteiger partial charge is 0.325 e. The molecule has 1 aromatic carbocycles. The van der Waals surface area contributed by atoms with Gasteiger partial charge in [0.15, 0.2) is 0 Å². The molecule has 0 aliphatic heterocycles. The van der Waals surface area contributed by atoms with Gasteiger partial charge in [-0.3, -0.25) is 19.2 Å². The third kappa shape index (κ3) is 3.29. The summed E-state index contributed by atoms with van der Waals surface area (Å²) in [6, 6.07) is 6.44. The zero-order chi connectivity index (χ0) is 24.7. The summed E-state index contributed by atoms with van der Waals surface area (Å²) >= 11 is 0. The molecule has 4 aliphatic carbocycles. The number of Topliss-reactive ketones (excluding diaryl/α,β-unsaturated/α-hetero) is 2. The van der Waals surface area contributed by atoms with Crippen molar-refractivity contribution in [1.29, 1.82) is 0 Å². The Bertz CT molecular complexity index is 1090. The van der Waals surface area contributed by atoms with Crippen LogP contribution in [-0.4, -0.2) is 23.4 Å². The molecule has 2 amide bonds. The Balaban J connectivity index is 1.25. The summed E-state index contributed by atoms with van der Waals surface area (Å²) in [6.07, 6.45) is 4.06. The number of ketones is 2. The smallest absolute Gasteiger partial charge is 0.255 e. The summed E-state index contributed by atoms with van der Waals surface area (Å²) in [5.41, 5.74) is 2.43. The van der Waals surface area contributed by atoms with Crippen molar-refractivity contribution in [3.05, 3.63) is 58.9 Å². The Kier molecular flexibility index (Phi) is 4.84. The zero-order valence-corrected chi connectivity index (χ0v) is 20.6. The molecule has 6 atom stereocenters. The highest BCUT2D eigenvalue weighted by Gasteiger charge is 2.66. The molecular weight excluding hydrogens is 428 g/mol. The van der Waals surface area contributed by atoms with E-state index in [0.717, 1.165) is 0 Å². The van der Waals surface area contributed by atoms with E-state index in [4.69, 9.17) is 0 Å². The normalized spacial score (nSPS) is 33.1. The lowest BCUT2D eigenvalue weighted by Crippen LogP contribution is -2.32. The van der Waals surface area contributed by atoms with Gasteiger partial charge in [-0.25, -0.2) is 0 Å². The first kappa shape index (κ1) is 22.8. The van der Waals surface area contributed by atoms with Crippen molar-refractivity contribution in [1.82, 2.24) is 10.6 Å². The van der Waals surface area contributed by atoms with E-state index in [0.29, 0.717) is 34.4 Å². The Hall–Kier alpha value is -3.02. The van der Waals surface area contributed by atoms with Gasteiger partial charge < -0.3 is 10.6 Å². The summed E-state index contributed by atoms with van der Waals surface area (Å²) in [5.74, 6) is 0.190. The number of benzene rings is 1. The van der Waals surface area contributed by atoms with E-state index < -0.39 is 0 Å². The molecule has 0 bridgehead atoms. The highest BCUT2D eigenvalue weighted by Crippen LogP contribution is 2.68. The van der Waals surface area contributed by atoms with E-state index in [2.05, 4.69) is 38.3 Å². The summed E-state index contributed by atoms with van der Waals surface area (Å²) in [5, 5.41) is 5.84. The fourth-order valence-electron chi connectivity index (χ4n) is 6.69. The predicted octanol–water partition coefficient (Wildman–Crippen LogP) is 3.90. The van der Waals surface area contributed by atoms with E-state index in [1.165, 1.54) is 0 Å². The van der Waals surface area contributed by atoms with Crippen LogP contribution in [0, 0.1) is 46.3 Å². The standard InChI is InChI=1S/C28H32N2O4/c1-13(31)21-19(11-17-23(21)27(17,3)4)29-25(33)15-7-9-16(10-8-15)26(34)30-20-12-18-24(28(18,5)6)22(20)14(2)32/h7-12,17-18,21-24H,1-6H3,(H,29,33)(H,30,34)/t17-,18+,21+,22-,23-,24+. The molecule has 2 saturated carbocycles. The Labute approximate surface area is 200 Å². The van der Waals surface area contributed by atoms with Crippen LogP contribution >= 0.6 is 0 Å². The molecule has 2 N–H and O–H groups in total. The van der Waals surface area contributed by atoms with Crippen LogP contribution in [0.3, 0.4) is 0 Å². The maximum atomic E-state index is 12.8. The lowest BCUT2D eigenvalue weighted by atomic mass is 9.90. The van der Waals surface area contributed by atoms with Gasteiger partial charge in [0, 0.05) is 22.5 Å². The Morgan fingerprint density at radius 3 is 1.26 bits per heavy atom. The minimum absolute atomic E-state index is 0.0720. The number of fused-ring (bicyclic) bond motifs is 2. The molecule has 0 spiro atoms. The third-order valence-corrected chi connectivity index (χ3v) is 8.90. The van der Waals surface area contributed by atoms with Crippen molar-refractivity contribution in [3.63, 3.8) is 0 Å². The number of rotatable bonds is 6. The second kappa shape index (κ2) is 7.24. The molecule has 178 valence electrons. The summed E-state index contributed by atoms with van der Waals surface area (Å²) in [6.45, 7) is 11.8. The van der Waals surface area contributed by atoms with E-state index in [1.54, 1.807) is 38.1 Å². The summed E-state index contributed by atoms with van der Waals surface area (Å²) < 4.78 is 0. The first-order valence-electron chi connectivity index (χ1n) is 12.0. The van der Waals surface area contributed by atoms with Gasteiger partial charge in [-0.1, -0.05) is 39.8 Å². The minimum Gasteiger partial charge on any atom is -0.325 e. The van der Waals surface area contributed by atoms with Gasteiger partial charge in [-0.05, 0) is 72.6 Å². The van der Waals surface area contributed by atoms with Gasteiger partial charge in [-0.2, -0.15) is 0 Å². The first-order chi connectivity index (χ1) is 15.9. The van der Waals surface area contributed by atoms with E-state index in [9.17, 15) is 19.2 Å². The first-order valence-corrected chi connectivity index (χ1v) is 12.0. The second-order valence-electron chi connectivity index (χ2n) is 11.7. The number of nitrogens with one attached hydrogen (secondary N) is 2. The number of carbonyl (C=O) groups excluding carboxylic acids is 4. The number of carbonyl (C=O) groups is 4. The van der Waals surface area contributed by atoms with Gasteiger partial charge in [0.1, 0.15) is 11.6 Å². The molecule has 0 saturated heterocycles. The highest BCUT2D eigenvalue weighted by molar-refractivity contribution is 6.00. The minimum atomic E-state index is -0.291. The SMILES string of the molecule is CC(=O)[C@@H]1C(NC(=O)c2ccc(C(=O)NC3=C[C@@H]4[C@H]([C@H]3C(C)=O)C4(C)C)cc2)=C[C@H]2[C@@H]1C2(C)C. The molecule has 0 unspecified atom stereocenters. The van der Waals surface area contributed by atoms with Crippen molar-refractivity contribution in [2.24, 2.45) is 46.3 Å². The Morgan fingerprint density at radius 1 is 0.647 bits per heavy atom. The summed E-state index contributed by atoms with van der Waals surface area (Å²) in [4.78, 5) is 50.1. The molecule has 1 aromatic rings. The van der Waals surface area contributed by atoms with Crippen molar-refractivity contribution in [2.45, 2.75) is 41.5 Å². The van der Waals surface area contributed by atoms with Crippen LogP contribution in [0.4, 0.5) is 0 Å². The number of amides is 2. The molecule has 0 radical (unpaired) electrons. The number of hydrogen-bond donors (Lipinski definition) is 2. The lowest BCUT2D eigenvalue weighted by molar-refractivity contribution is -0.121. The zero-order valence-electron chi connectivity index (χ0n) is 20.6. The van der Waals surface area contributed by atoms with Crippen molar-refractivity contribution in [2.75, 3.05) is 0 Å². The van der Waals surface area contributed by atoms with Crippen LogP contribution in [0.15, 0.2) is 47.8 Å². The molecule has 4 aliphatic rings. The molecule has 6 heteroatoms. The molecule has 34 heavy (non-hydrogen) atoms. The fourth-order valence-corrected chi connectivity index (χ4v) is 6.69. The van der Waals surface area contributed by atoms with Gasteiger partial charge in [0.25, 0.3) is 11.8 Å². The average Bonchev–Trinajstić information content (AvgIpc) is 3.26. The quantitative estimate of drug-likeness (QED) is 0.674. The van der Waals surface area contributed by atoms with Crippen molar-refractivity contribution < 1.29 is 19.2 Å². The maximum absolute atomic E-state index is 12.8. The molecular formula is C28H32N2O4. The number of hydrogen-bond acceptors (Lipinski definition) is 4. The van der Waals surface area contributed by atoms with Crippen molar-refractivity contribution >= 4 is 23.4 Å². The van der Waals surface area contributed by atoms with Crippen LogP contribution in [0.5, 0.6) is 0 Å². The van der Waals surface area contributed by atoms with Gasteiger partial charge in [-0.15, -0.1) is 0 Å².